The van der Waals surface area contributed by atoms with Crippen molar-refractivity contribution in [2.75, 3.05) is 52.5 Å². The van der Waals surface area contributed by atoms with Gasteiger partial charge in [0.2, 0.25) is 0 Å². The predicted molar refractivity (Wildman–Crippen MR) is 301 cm³/mol. The Balaban J connectivity index is 0.000000177. The van der Waals surface area contributed by atoms with Crippen molar-refractivity contribution in [3.05, 3.63) is 105 Å². The minimum atomic E-state index is -0.853. The van der Waals surface area contributed by atoms with Crippen molar-refractivity contribution in [1.29, 1.82) is 0 Å². The number of ketones is 4. The van der Waals surface area contributed by atoms with Crippen LogP contribution in [-0.2, 0) is 64.1 Å². The van der Waals surface area contributed by atoms with Gasteiger partial charge in [-0.1, -0.05) is 40.2 Å². The lowest BCUT2D eigenvalue weighted by Crippen LogP contribution is -2.44. The molecule has 0 unspecified atom stereocenters. The van der Waals surface area contributed by atoms with E-state index in [2.05, 4.69) is 22.0 Å². The average molecular weight is 1180 g/mol. The van der Waals surface area contributed by atoms with Crippen LogP contribution >= 0.6 is 15.9 Å². The van der Waals surface area contributed by atoms with E-state index in [0.29, 0.717) is 87.3 Å². The molecule has 4 aliphatic heterocycles. The lowest BCUT2D eigenvalue weighted by molar-refractivity contribution is -0.147. The summed E-state index contributed by atoms with van der Waals surface area (Å²) < 4.78 is 43.2. The van der Waals surface area contributed by atoms with Crippen molar-refractivity contribution < 1.29 is 76.3 Å². The minimum Gasteiger partial charge on any atom is -0.488 e. The van der Waals surface area contributed by atoms with Crippen molar-refractivity contribution >= 4 is 63.7 Å². The van der Waals surface area contributed by atoms with Gasteiger partial charge in [0, 0.05) is 91.8 Å². The zero-order valence-electron chi connectivity index (χ0n) is 47.3. The summed E-state index contributed by atoms with van der Waals surface area (Å²) >= 11 is 3.21. The fourth-order valence-electron chi connectivity index (χ4n) is 11.0. The zero-order chi connectivity index (χ0) is 58.3. The van der Waals surface area contributed by atoms with Crippen LogP contribution in [0.15, 0.2) is 60.7 Å². The van der Waals surface area contributed by atoms with E-state index in [1.54, 1.807) is 67.9 Å². The molecule has 2 fully saturated rings. The molecule has 0 bridgehead atoms. The Hall–Kier alpha value is -6.96. The Bertz CT molecular complexity index is 3080. The molecule has 432 valence electrons. The van der Waals surface area contributed by atoms with Crippen molar-refractivity contribution in [3.63, 3.8) is 0 Å². The van der Waals surface area contributed by atoms with Gasteiger partial charge in [-0.15, -0.1) is 0 Å². The number of likely N-dealkylation sites (tertiary alicyclic amines) is 2. The number of hydrogen-bond acceptors (Lipinski definition) is 16. The van der Waals surface area contributed by atoms with E-state index in [1.807, 2.05) is 42.5 Å². The number of fused-ring (bicyclic) bond motifs is 8. The molecule has 2 aliphatic carbocycles. The summed E-state index contributed by atoms with van der Waals surface area (Å²) in [6.45, 7) is 13.0. The summed E-state index contributed by atoms with van der Waals surface area (Å²) in [7, 11) is 3.17. The first kappa shape index (κ1) is 60.1. The molecule has 0 radical (unpaired) electrons. The number of esters is 1. The van der Waals surface area contributed by atoms with Gasteiger partial charge in [-0.25, -0.2) is 14.4 Å². The fourth-order valence-corrected chi connectivity index (χ4v) is 11.3. The summed E-state index contributed by atoms with van der Waals surface area (Å²) in [5.74, 6) is 0.982. The lowest BCUT2D eigenvalue weighted by Gasteiger charge is -2.27. The summed E-state index contributed by atoms with van der Waals surface area (Å²) in [5, 5.41) is 0.318. The Morgan fingerprint density at radius 3 is 1.57 bits per heavy atom. The smallest absolute Gasteiger partial charge is 0.413 e. The quantitative estimate of drug-likeness (QED) is 0.0424. The van der Waals surface area contributed by atoms with Crippen LogP contribution in [0.3, 0.4) is 0 Å². The molecule has 4 aromatic carbocycles. The number of ether oxygens (including phenoxy) is 8. The molecule has 6 aliphatic rings. The van der Waals surface area contributed by atoms with Gasteiger partial charge in [0.15, 0.2) is 36.0 Å². The monoisotopic (exact) mass is 1180 g/mol. The number of nitrogens with zero attached hydrogens (tertiary/aromatic N) is 2. The molecule has 0 saturated carbocycles. The second kappa shape index (κ2) is 25.9. The van der Waals surface area contributed by atoms with Crippen LogP contribution in [0, 0.1) is 11.8 Å². The van der Waals surface area contributed by atoms with Crippen molar-refractivity contribution in [2.45, 2.75) is 130 Å². The highest BCUT2D eigenvalue weighted by Gasteiger charge is 2.43. The molecule has 0 aromatic heterocycles. The summed E-state index contributed by atoms with van der Waals surface area (Å²) in [6, 6.07) is 18.1. The van der Waals surface area contributed by atoms with Crippen LogP contribution in [0.1, 0.15) is 144 Å². The number of rotatable bonds is 12. The Labute approximate surface area is 480 Å². The van der Waals surface area contributed by atoms with Crippen LogP contribution < -0.4 is 9.47 Å². The van der Waals surface area contributed by atoms with Gasteiger partial charge in [-0.2, -0.15) is 0 Å². The van der Waals surface area contributed by atoms with Gasteiger partial charge in [-0.05, 0) is 143 Å². The SMILES string of the molecule is COC[C@@H]1C[C@H](C(=O)OCC(=O)c2ccc3c(c2)COc2cc4c(cc2-3)CCCC4=O)N(C(=O)OC(C)(C)C)C1.COC[C@H]1C[C@@H](OC=O)N(C(=O)OC(C)(C)C)C1.O=C(CBr)c1ccc2c(c1)COc1cc3c(cc1-2)CCCC3=O. The highest BCUT2D eigenvalue weighted by Crippen LogP contribution is 2.43. The van der Waals surface area contributed by atoms with Gasteiger partial charge >= 0.3 is 18.2 Å². The Morgan fingerprint density at radius 2 is 1.09 bits per heavy atom. The molecule has 2 saturated heterocycles. The number of aryl methyl sites for hydroxylation is 2. The maximum atomic E-state index is 13.0. The van der Waals surface area contributed by atoms with Crippen molar-refractivity contribution in [2.24, 2.45) is 11.8 Å². The number of alkyl halides is 1. The highest BCUT2D eigenvalue weighted by atomic mass is 79.9. The van der Waals surface area contributed by atoms with Crippen LogP contribution in [0.5, 0.6) is 11.5 Å². The molecule has 10 rings (SSSR count). The maximum absolute atomic E-state index is 13.0. The van der Waals surface area contributed by atoms with E-state index in [9.17, 15) is 38.4 Å². The number of hydrogen-bond donors (Lipinski definition) is 0. The van der Waals surface area contributed by atoms with Crippen LogP contribution in [0.2, 0.25) is 0 Å². The zero-order valence-corrected chi connectivity index (χ0v) is 48.9. The van der Waals surface area contributed by atoms with Gasteiger partial charge in [0.05, 0.1) is 18.5 Å². The number of carbonyl (C=O) groups is 8. The van der Waals surface area contributed by atoms with Gasteiger partial charge < -0.3 is 37.9 Å². The largest absolute Gasteiger partial charge is 0.488 e. The molecule has 19 heteroatoms. The third kappa shape index (κ3) is 14.6. The number of amides is 2. The van der Waals surface area contributed by atoms with Gasteiger partial charge in [0.1, 0.15) is 42.0 Å². The number of carbonyl (C=O) groups excluding carboxylic acids is 8. The third-order valence-electron chi connectivity index (χ3n) is 14.7. The van der Waals surface area contributed by atoms with Crippen molar-refractivity contribution in [3.8, 4) is 33.8 Å². The van der Waals surface area contributed by atoms with E-state index in [0.717, 1.165) is 87.1 Å². The summed E-state index contributed by atoms with van der Waals surface area (Å²) in [4.78, 5) is 100. The van der Waals surface area contributed by atoms with Gasteiger partial charge in [-0.3, -0.25) is 33.8 Å². The molecule has 4 heterocycles. The lowest BCUT2D eigenvalue weighted by atomic mass is 9.86. The Morgan fingerprint density at radius 1 is 0.605 bits per heavy atom. The Kier molecular flexibility index (Phi) is 19.2. The van der Waals surface area contributed by atoms with E-state index in [1.165, 1.54) is 9.80 Å². The molecule has 4 aromatic rings. The average Bonchev–Trinajstić information content (AvgIpc) is 4.27. The van der Waals surface area contributed by atoms with Crippen LogP contribution in [0.4, 0.5) is 9.59 Å². The maximum Gasteiger partial charge on any atom is 0.413 e. The van der Waals surface area contributed by atoms with Gasteiger partial charge in [0.25, 0.3) is 6.47 Å². The third-order valence-corrected chi connectivity index (χ3v) is 15.2. The molecule has 18 nitrogen and oxygen atoms in total. The van der Waals surface area contributed by atoms with E-state index in [-0.39, 0.29) is 41.6 Å². The number of Topliss-reactive ketones (excluding diaryl/α,β-unsaturated/α-hetero) is 4. The molecular weight excluding hydrogens is 1110 g/mol. The van der Waals surface area contributed by atoms with Crippen LogP contribution in [0.25, 0.3) is 22.3 Å². The number of benzene rings is 4. The van der Waals surface area contributed by atoms with E-state index >= 15 is 0 Å². The predicted octanol–water partition coefficient (Wildman–Crippen LogP) is 10.5. The molecule has 0 N–H and O–H groups in total. The number of halogens is 1. The second-order valence-corrected chi connectivity index (χ2v) is 23.6. The normalized spacial score (nSPS) is 19.4. The first-order valence-corrected chi connectivity index (χ1v) is 28.5. The standard InChI is InChI=1S/C31H35NO8.C19H15BrO3.C12H21NO5/c1-31(2,3)40-30(36)32-14-18(15-37-4)10-25(32)29(35)39-17-27(34)20-8-9-22-21(11-20)16-38-28-13-23-19(12-24(22)28)6-5-7-26(23)33;20-9-18(22)12-4-5-14-13(6-12)10-23-19-8-15-11(7-16(14)19)2-1-3-17(15)21;1-12(2,3)18-11(15)13-6-9(7-16-4)5-10(13)17-8-14/h8-9,11-13,18,25H,5-7,10,14-17H2,1-4H3;4-8H,1-3,9-10H2;8-10H,5-7H2,1-4H3/t18-,25-;;9-,10+/m1.0/s1. The molecule has 0 spiro atoms. The van der Waals surface area contributed by atoms with E-state index < -0.39 is 48.2 Å². The fraction of sp³-hybridized carbons (Fsp3) is 0.484. The first-order chi connectivity index (χ1) is 38.6. The molecule has 81 heavy (non-hydrogen) atoms. The number of methoxy groups -OCH3 is 2. The molecule has 4 atom stereocenters. The summed E-state index contributed by atoms with van der Waals surface area (Å²) in [6.07, 6.45) is 4.05. The summed E-state index contributed by atoms with van der Waals surface area (Å²) in [5.41, 5.74) is 9.36. The first-order valence-electron chi connectivity index (χ1n) is 27.4. The molecular formula is C62H71BrN2O16. The second-order valence-electron chi connectivity index (χ2n) is 23.1. The minimum absolute atomic E-state index is 0.0435. The topological polar surface area (TPSA) is 217 Å². The van der Waals surface area contributed by atoms with Crippen LogP contribution in [-0.4, -0.2) is 133 Å². The molecule has 2 amide bonds. The van der Waals surface area contributed by atoms with Crippen molar-refractivity contribution in [1.82, 2.24) is 9.80 Å². The van der Waals surface area contributed by atoms with E-state index in [4.69, 9.17) is 37.9 Å². The highest BCUT2D eigenvalue weighted by molar-refractivity contribution is 9.09.